The summed E-state index contributed by atoms with van der Waals surface area (Å²) in [4.78, 5) is 14.0. The molecule has 0 aromatic heterocycles. The molecule has 1 aliphatic heterocycles. The summed E-state index contributed by atoms with van der Waals surface area (Å²) in [6, 6.07) is 9.99. The van der Waals surface area contributed by atoms with Gasteiger partial charge in [0.2, 0.25) is 5.91 Å². The summed E-state index contributed by atoms with van der Waals surface area (Å²) in [7, 11) is 0. The Labute approximate surface area is 110 Å². The number of nitrogens with zero attached hydrogens (tertiary/aromatic N) is 1. The van der Waals surface area contributed by atoms with Crippen LogP contribution in [0, 0.1) is 0 Å². The van der Waals surface area contributed by atoms with Gasteiger partial charge in [0, 0.05) is 17.0 Å². The van der Waals surface area contributed by atoms with Gasteiger partial charge in [-0.05, 0) is 18.4 Å². The lowest BCUT2D eigenvalue weighted by Crippen LogP contribution is -2.40. The largest absolute Gasteiger partial charge is 0.341 e. The van der Waals surface area contributed by atoms with Crippen molar-refractivity contribution in [2.45, 2.75) is 23.2 Å². The topological polar surface area (TPSA) is 20.3 Å². The van der Waals surface area contributed by atoms with Gasteiger partial charge in [0.15, 0.2) is 0 Å². The average molecular weight is 329 g/mol. The van der Waals surface area contributed by atoms with Gasteiger partial charge in [0.05, 0.1) is 6.42 Å². The number of hydrogen-bond donors (Lipinski definition) is 0. The number of alkyl halides is 1. The number of carbonyl (C=O) groups excluding carboxylic acids is 1. The molecule has 86 valence electrons. The SMILES string of the molecule is O=C(Cc1ccccc1)N1CCC[C@@H](I)C1. The first-order valence-corrected chi connectivity index (χ1v) is 6.96. The lowest BCUT2D eigenvalue weighted by molar-refractivity contribution is -0.131. The number of hydrogen-bond acceptors (Lipinski definition) is 1. The molecule has 1 heterocycles. The van der Waals surface area contributed by atoms with Crippen molar-refractivity contribution in [2.24, 2.45) is 0 Å². The molecule has 1 aromatic rings. The van der Waals surface area contributed by atoms with Crippen molar-refractivity contribution in [3.05, 3.63) is 35.9 Å². The molecular weight excluding hydrogens is 313 g/mol. The van der Waals surface area contributed by atoms with Gasteiger partial charge in [-0.3, -0.25) is 4.79 Å². The van der Waals surface area contributed by atoms with Crippen molar-refractivity contribution >= 4 is 28.5 Å². The Morgan fingerprint density at radius 1 is 1.38 bits per heavy atom. The molecule has 0 aliphatic carbocycles. The number of benzene rings is 1. The Hall–Kier alpha value is -0.580. The second-order valence-electron chi connectivity index (χ2n) is 4.24. The van der Waals surface area contributed by atoms with E-state index in [1.807, 2.05) is 35.2 Å². The number of halogens is 1. The van der Waals surface area contributed by atoms with E-state index in [1.165, 1.54) is 6.42 Å². The minimum atomic E-state index is 0.271. The molecule has 2 nitrogen and oxygen atoms in total. The highest BCUT2D eigenvalue weighted by Gasteiger charge is 2.21. The molecule has 0 spiro atoms. The number of amides is 1. The Balaban J connectivity index is 1.93. The molecule has 0 bridgehead atoms. The molecule has 1 aromatic carbocycles. The Morgan fingerprint density at radius 2 is 2.12 bits per heavy atom. The van der Waals surface area contributed by atoms with Crippen LogP contribution in [0.3, 0.4) is 0 Å². The van der Waals surface area contributed by atoms with Crippen molar-refractivity contribution in [1.82, 2.24) is 4.90 Å². The van der Waals surface area contributed by atoms with Crippen LogP contribution in [0.15, 0.2) is 30.3 Å². The minimum absolute atomic E-state index is 0.271. The molecule has 0 radical (unpaired) electrons. The van der Waals surface area contributed by atoms with Gasteiger partial charge in [0.25, 0.3) is 0 Å². The van der Waals surface area contributed by atoms with Gasteiger partial charge in [-0.25, -0.2) is 0 Å². The molecule has 1 aliphatic rings. The summed E-state index contributed by atoms with van der Waals surface area (Å²) in [6.45, 7) is 1.86. The van der Waals surface area contributed by atoms with Crippen molar-refractivity contribution in [3.8, 4) is 0 Å². The monoisotopic (exact) mass is 329 g/mol. The Kier molecular flexibility index (Phi) is 4.21. The molecule has 1 saturated heterocycles. The van der Waals surface area contributed by atoms with E-state index in [9.17, 15) is 4.79 Å². The van der Waals surface area contributed by atoms with Gasteiger partial charge in [-0.1, -0.05) is 52.9 Å². The molecule has 2 rings (SSSR count). The third-order valence-electron chi connectivity index (χ3n) is 2.91. The number of likely N-dealkylation sites (tertiary alicyclic amines) is 1. The maximum absolute atomic E-state index is 12.0. The van der Waals surface area contributed by atoms with Crippen LogP contribution in [0.4, 0.5) is 0 Å². The summed E-state index contributed by atoms with van der Waals surface area (Å²) in [5.41, 5.74) is 1.11. The highest BCUT2D eigenvalue weighted by molar-refractivity contribution is 14.1. The van der Waals surface area contributed by atoms with Crippen molar-refractivity contribution in [2.75, 3.05) is 13.1 Å². The van der Waals surface area contributed by atoms with Crippen molar-refractivity contribution in [3.63, 3.8) is 0 Å². The summed E-state index contributed by atoms with van der Waals surface area (Å²) in [5, 5.41) is 0. The summed E-state index contributed by atoms with van der Waals surface area (Å²) >= 11 is 2.44. The normalized spacial score (nSPS) is 20.8. The van der Waals surface area contributed by atoms with Crippen molar-refractivity contribution in [1.29, 1.82) is 0 Å². The van der Waals surface area contributed by atoms with E-state index in [2.05, 4.69) is 22.6 Å². The van der Waals surface area contributed by atoms with E-state index in [-0.39, 0.29) is 5.91 Å². The fourth-order valence-electron chi connectivity index (χ4n) is 2.03. The van der Waals surface area contributed by atoms with E-state index < -0.39 is 0 Å². The van der Waals surface area contributed by atoms with Gasteiger partial charge in [0.1, 0.15) is 0 Å². The third-order valence-corrected chi connectivity index (χ3v) is 3.93. The molecule has 3 heteroatoms. The van der Waals surface area contributed by atoms with Gasteiger partial charge < -0.3 is 4.90 Å². The summed E-state index contributed by atoms with van der Waals surface area (Å²) < 4.78 is 0.631. The van der Waals surface area contributed by atoms with E-state index in [0.29, 0.717) is 10.3 Å². The van der Waals surface area contributed by atoms with Crippen LogP contribution in [-0.2, 0) is 11.2 Å². The molecule has 16 heavy (non-hydrogen) atoms. The van der Waals surface area contributed by atoms with E-state index in [1.54, 1.807) is 0 Å². The van der Waals surface area contributed by atoms with Crippen LogP contribution in [0.5, 0.6) is 0 Å². The fourth-order valence-corrected chi connectivity index (χ4v) is 2.95. The van der Waals surface area contributed by atoms with Crippen molar-refractivity contribution < 1.29 is 4.79 Å². The molecule has 0 unspecified atom stereocenters. The second kappa shape index (κ2) is 5.66. The molecule has 1 amide bonds. The van der Waals surface area contributed by atoms with E-state index in [4.69, 9.17) is 0 Å². The first-order valence-electron chi connectivity index (χ1n) is 5.71. The quantitative estimate of drug-likeness (QED) is 0.603. The van der Waals surface area contributed by atoms with Crippen LogP contribution >= 0.6 is 22.6 Å². The zero-order chi connectivity index (χ0) is 11.4. The number of carbonyl (C=O) groups is 1. The lowest BCUT2D eigenvalue weighted by atomic mass is 10.1. The molecule has 0 saturated carbocycles. The number of rotatable bonds is 2. The molecule has 1 fully saturated rings. The highest BCUT2D eigenvalue weighted by Crippen LogP contribution is 2.18. The third kappa shape index (κ3) is 3.20. The zero-order valence-electron chi connectivity index (χ0n) is 9.23. The predicted molar refractivity (Wildman–Crippen MR) is 73.8 cm³/mol. The van der Waals surface area contributed by atoms with Crippen LogP contribution in [0.1, 0.15) is 18.4 Å². The highest BCUT2D eigenvalue weighted by atomic mass is 127. The van der Waals surface area contributed by atoms with E-state index in [0.717, 1.165) is 25.1 Å². The molecular formula is C13H16INO. The van der Waals surface area contributed by atoms with Gasteiger partial charge >= 0.3 is 0 Å². The van der Waals surface area contributed by atoms with E-state index >= 15 is 0 Å². The molecule has 1 atom stereocenters. The van der Waals surface area contributed by atoms with Crippen LogP contribution in [0.2, 0.25) is 0 Å². The minimum Gasteiger partial charge on any atom is -0.341 e. The Morgan fingerprint density at radius 3 is 2.81 bits per heavy atom. The molecule has 0 N–H and O–H groups in total. The lowest BCUT2D eigenvalue weighted by Gasteiger charge is -2.30. The average Bonchev–Trinajstić information content (AvgIpc) is 2.30. The van der Waals surface area contributed by atoms with Crippen LogP contribution in [0.25, 0.3) is 0 Å². The van der Waals surface area contributed by atoms with Crippen LogP contribution in [-0.4, -0.2) is 27.8 Å². The first-order chi connectivity index (χ1) is 7.75. The maximum atomic E-state index is 12.0. The first kappa shape index (κ1) is 11.9. The zero-order valence-corrected chi connectivity index (χ0v) is 11.4. The predicted octanol–water partition coefficient (Wildman–Crippen LogP) is 2.66. The van der Waals surface area contributed by atoms with Gasteiger partial charge in [-0.15, -0.1) is 0 Å². The fraction of sp³-hybridized carbons (Fsp3) is 0.462. The second-order valence-corrected chi connectivity index (χ2v) is 6.00. The summed E-state index contributed by atoms with van der Waals surface area (Å²) in [6.07, 6.45) is 2.94. The maximum Gasteiger partial charge on any atom is 0.227 e. The summed E-state index contributed by atoms with van der Waals surface area (Å²) in [5.74, 6) is 0.271. The van der Waals surface area contributed by atoms with Crippen LogP contribution < -0.4 is 0 Å². The standard InChI is InChI=1S/C13H16INO/c14-12-7-4-8-15(10-12)13(16)9-11-5-2-1-3-6-11/h1-3,5-6,12H,4,7-10H2/t12-/m1/s1. The number of piperidine rings is 1. The van der Waals surface area contributed by atoms with Gasteiger partial charge in [-0.2, -0.15) is 0 Å². The smallest absolute Gasteiger partial charge is 0.227 e. The Bertz CT molecular complexity index is 352.